The van der Waals surface area contributed by atoms with Gasteiger partial charge in [-0.05, 0) is 64.8 Å². The van der Waals surface area contributed by atoms with E-state index in [-0.39, 0.29) is 4.90 Å². The van der Waals surface area contributed by atoms with Crippen LogP contribution in [-0.4, -0.2) is 8.42 Å². The van der Waals surface area contributed by atoms with Gasteiger partial charge in [0.2, 0.25) is 0 Å². The Morgan fingerprint density at radius 2 is 1.74 bits per heavy atom. The lowest BCUT2D eigenvalue weighted by Crippen LogP contribution is -2.13. The average Bonchev–Trinajstić information content (AvgIpc) is 2.31. The second-order valence-electron chi connectivity index (χ2n) is 4.05. The monoisotopic (exact) mass is 343 g/mol. The van der Waals surface area contributed by atoms with Crippen LogP contribution in [0.3, 0.4) is 0 Å². The summed E-state index contributed by atoms with van der Waals surface area (Å²) in [6, 6.07) is 10.1. The SMILES string of the molecule is Cc1ccc(S(=O)(=O)Nc2ccc(F)cc2)c(Br)c1. The van der Waals surface area contributed by atoms with Crippen LogP contribution >= 0.6 is 15.9 Å². The van der Waals surface area contributed by atoms with Gasteiger partial charge >= 0.3 is 0 Å². The van der Waals surface area contributed by atoms with Crippen LogP contribution in [0.5, 0.6) is 0 Å². The van der Waals surface area contributed by atoms with Gasteiger partial charge in [-0.2, -0.15) is 0 Å². The van der Waals surface area contributed by atoms with Gasteiger partial charge in [-0.25, -0.2) is 12.8 Å². The number of halogens is 2. The lowest BCUT2D eigenvalue weighted by molar-refractivity contribution is 0.600. The molecule has 2 rings (SSSR count). The lowest BCUT2D eigenvalue weighted by Gasteiger charge is -2.10. The van der Waals surface area contributed by atoms with Crippen molar-refractivity contribution in [3.63, 3.8) is 0 Å². The van der Waals surface area contributed by atoms with Gasteiger partial charge in [-0.1, -0.05) is 6.07 Å². The largest absolute Gasteiger partial charge is 0.280 e. The molecule has 0 atom stereocenters. The Kier molecular flexibility index (Phi) is 3.91. The average molecular weight is 344 g/mol. The molecule has 0 saturated heterocycles. The van der Waals surface area contributed by atoms with Crippen molar-refractivity contribution in [1.82, 2.24) is 0 Å². The summed E-state index contributed by atoms with van der Waals surface area (Å²) < 4.78 is 40.0. The predicted molar refractivity (Wildman–Crippen MR) is 76.1 cm³/mol. The molecular weight excluding hydrogens is 333 g/mol. The molecule has 0 radical (unpaired) electrons. The molecule has 2 aromatic carbocycles. The molecule has 0 heterocycles. The van der Waals surface area contributed by atoms with E-state index in [0.717, 1.165) is 5.56 Å². The van der Waals surface area contributed by atoms with Crippen LogP contribution in [0.2, 0.25) is 0 Å². The molecule has 0 aliphatic heterocycles. The Hall–Kier alpha value is -1.40. The van der Waals surface area contributed by atoms with Gasteiger partial charge in [-0.15, -0.1) is 0 Å². The maximum absolute atomic E-state index is 12.8. The standard InChI is InChI=1S/C13H11BrFNO2S/c1-9-2-7-13(12(14)8-9)19(17,18)16-11-5-3-10(15)4-6-11/h2-8,16H,1H3. The Labute approximate surface area is 119 Å². The minimum Gasteiger partial charge on any atom is -0.280 e. The van der Waals surface area contributed by atoms with E-state index in [2.05, 4.69) is 20.7 Å². The van der Waals surface area contributed by atoms with Crippen LogP contribution in [0.1, 0.15) is 5.56 Å². The van der Waals surface area contributed by atoms with E-state index >= 15 is 0 Å². The van der Waals surface area contributed by atoms with Crippen molar-refractivity contribution in [3.05, 3.63) is 58.3 Å². The summed E-state index contributed by atoms with van der Waals surface area (Å²) in [5.41, 5.74) is 1.27. The first-order valence-electron chi connectivity index (χ1n) is 5.43. The van der Waals surface area contributed by atoms with Gasteiger partial charge in [0.05, 0.1) is 0 Å². The molecule has 0 aliphatic carbocycles. The maximum Gasteiger partial charge on any atom is 0.263 e. The molecule has 6 heteroatoms. The smallest absolute Gasteiger partial charge is 0.263 e. The second kappa shape index (κ2) is 5.30. The molecule has 100 valence electrons. The lowest BCUT2D eigenvalue weighted by atomic mass is 10.2. The minimum absolute atomic E-state index is 0.141. The zero-order valence-corrected chi connectivity index (χ0v) is 12.4. The predicted octanol–water partition coefficient (Wildman–Crippen LogP) is 3.70. The van der Waals surface area contributed by atoms with Gasteiger partial charge in [0.15, 0.2) is 0 Å². The Morgan fingerprint density at radius 1 is 1.11 bits per heavy atom. The summed E-state index contributed by atoms with van der Waals surface area (Å²) in [4.78, 5) is 0.141. The maximum atomic E-state index is 12.8. The summed E-state index contributed by atoms with van der Waals surface area (Å²) in [7, 11) is -3.69. The van der Waals surface area contributed by atoms with Crippen molar-refractivity contribution in [3.8, 4) is 0 Å². The summed E-state index contributed by atoms with van der Waals surface area (Å²) in [6.45, 7) is 1.87. The normalized spacial score (nSPS) is 11.3. The van der Waals surface area contributed by atoms with Gasteiger partial charge in [0.25, 0.3) is 10.0 Å². The highest BCUT2D eigenvalue weighted by Gasteiger charge is 2.17. The summed E-state index contributed by atoms with van der Waals surface area (Å²) >= 11 is 3.23. The number of anilines is 1. The van der Waals surface area contributed by atoms with E-state index in [1.54, 1.807) is 12.1 Å². The molecule has 2 aromatic rings. The molecule has 0 aromatic heterocycles. The van der Waals surface area contributed by atoms with Gasteiger partial charge in [0, 0.05) is 10.2 Å². The number of aryl methyl sites for hydroxylation is 1. The first kappa shape index (κ1) is 14.0. The van der Waals surface area contributed by atoms with Crippen molar-refractivity contribution in [2.45, 2.75) is 11.8 Å². The quantitative estimate of drug-likeness (QED) is 0.923. The van der Waals surface area contributed by atoms with E-state index in [9.17, 15) is 12.8 Å². The molecule has 0 amide bonds. The van der Waals surface area contributed by atoms with E-state index in [1.165, 1.54) is 30.3 Å². The van der Waals surface area contributed by atoms with E-state index in [4.69, 9.17) is 0 Å². The number of benzene rings is 2. The first-order valence-corrected chi connectivity index (χ1v) is 7.71. The van der Waals surface area contributed by atoms with Crippen molar-refractivity contribution in [1.29, 1.82) is 0 Å². The van der Waals surface area contributed by atoms with Crippen LogP contribution in [0.4, 0.5) is 10.1 Å². The Bertz CT molecular complexity index is 699. The van der Waals surface area contributed by atoms with Crippen LogP contribution in [-0.2, 0) is 10.0 Å². The number of rotatable bonds is 3. The molecule has 0 spiro atoms. The summed E-state index contributed by atoms with van der Waals surface area (Å²) in [5.74, 6) is -0.417. The van der Waals surface area contributed by atoms with Crippen LogP contribution in [0.25, 0.3) is 0 Å². The molecule has 3 nitrogen and oxygen atoms in total. The fourth-order valence-corrected chi connectivity index (χ4v) is 3.80. The van der Waals surface area contributed by atoms with Crippen molar-refractivity contribution in [2.75, 3.05) is 4.72 Å². The third-order valence-electron chi connectivity index (χ3n) is 2.47. The van der Waals surface area contributed by atoms with E-state index in [1.807, 2.05) is 6.92 Å². The fourth-order valence-electron chi connectivity index (χ4n) is 1.55. The number of hydrogen-bond donors (Lipinski definition) is 1. The van der Waals surface area contributed by atoms with Gasteiger partial charge in [0.1, 0.15) is 10.7 Å². The molecule has 1 N–H and O–H groups in total. The van der Waals surface area contributed by atoms with Crippen LogP contribution in [0.15, 0.2) is 51.8 Å². The Morgan fingerprint density at radius 3 is 2.32 bits per heavy atom. The van der Waals surface area contributed by atoms with Crippen molar-refractivity contribution in [2.24, 2.45) is 0 Å². The molecule has 19 heavy (non-hydrogen) atoms. The minimum atomic E-state index is -3.69. The molecule has 0 saturated carbocycles. The van der Waals surface area contributed by atoms with Crippen molar-refractivity contribution >= 4 is 31.6 Å². The third-order valence-corrected chi connectivity index (χ3v) is 4.83. The fraction of sp³-hybridized carbons (Fsp3) is 0.0769. The third kappa shape index (κ3) is 3.33. The van der Waals surface area contributed by atoms with E-state index in [0.29, 0.717) is 10.2 Å². The number of hydrogen-bond acceptors (Lipinski definition) is 2. The summed E-state index contributed by atoms with van der Waals surface area (Å²) in [6.07, 6.45) is 0. The highest BCUT2D eigenvalue weighted by Crippen LogP contribution is 2.25. The topological polar surface area (TPSA) is 46.2 Å². The molecule has 0 unspecified atom stereocenters. The first-order chi connectivity index (χ1) is 8.88. The Balaban J connectivity index is 2.35. The molecule has 0 bridgehead atoms. The second-order valence-corrected chi connectivity index (χ2v) is 6.55. The van der Waals surface area contributed by atoms with Crippen LogP contribution < -0.4 is 4.72 Å². The zero-order valence-electron chi connectivity index (χ0n) is 10.0. The molecular formula is C13H11BrFNO2S. The summed E-state index contributed by atoms with van der Waals surface area (Å²) in [5, 5.41) is 0. The highest BCUT2D eigenvalue weighted by atomic mass is 79.9. The number of sulfonamides is 1. The van der Waals surface area contributed by atoms with Gasteiger partial charge in [-0.3, -0.25) is 4.72 Å². The number of nitrogens with one attached hydrogen (secondary N) is 1. The van der Waals surface area contributed by atoms with Crippen molar-refractivity contribution < 1.29 is 12.8 Å². The molecule has 0 aliphatic rings. The highest BCUT2D eigenvalue weighted by molar-refractivity contribution is 9.10. The van der Waals surface area contributed by atoms with E-state index < -0.39 is 15.8 Å². The molecule has 0 fully saturated rings. The van der Waals surface area contributed by atoms with Crippen LogP contribution in [0, 0.1) is 12.7 Å². The van der Waals surface area contributed by atoms with Gasteiger partial charge < -0.3 is 0 Å². The zero-order chi connectivity index (χ0) is 14.0.